The summed E-state index contributed by atoms with van der Waals surface area (Å²) in [7, 11) is 1.59. The number of aromatic nitrogens is 2. The first kappa shape index (κ1) is 14.9. The number of nitrogens with one attached hydrogen (secondary N) is 2. The molecule has 21 heavy (non-hydrogen) atoms. The summed E-state index contributed by atoms with van der Waals surface area (Å²) >= 11 is 5.05. The van der Waals surface area contributed by atoms with Crippen LogP contribution >= 0.6 is 12.2 Å². The molecule has 0 bridgehead atoms. The number of nitrogens with zero attached hydrogens (tertiary/aromatic N) is 2. The Morgan fingerprint density at radius 2 is 2.29 bits per heavy atom. The van der Waals surface area contributed by atoms with Crippen molar-refractivity contribution in [1.82, 2.24) is 14.9 Å². The number of carbonyl (C=O) groups excluding carboxylic acids is 1. The molecule has 0 saturated carbocycles. The molecule has 7 heteroatoms. The molecule has 0 aliphatic carbocycles. The van der Waals surface area contributed by atoms with Gasteiger partial charge in [0.05, 0.1) is 23.4 Å². The molecule has 108 valence electrons. The second-order valence-electron chi connectivity index (χ2n) is 4.79. The third-order valence-corrected chi connectivity index (χ3v) is 3.51. The van der Waals surface area contributed by atoms with Gasteiger partial charge < -0.3 is 10.3 Å². The molecule has 1 aromatic heterocycles. The van der Waals surface area contributed by atoms with Crippen LogP contribution in [-0.2, 0) is 7.05 Å². The zero-order valence-electron chi connectivity index (χ0n) is 11.6. The summed E-state index contributed by atoms with van der Waals surface area (Å²) < 4.78 is 1.63. The van der Waals surface area contributed by atoms with E-state index < -0.39 is 0 Å². The summed E-state index contributed by atoms with van der Waals surface area (Å²) in [5.74, 6) is -0.292. The summed E-state index contributed by atoms with van der Waals surface area (Å²) in [6, 6.07) is 6.51. The van der Waals surface area contributed by atoms with Crippen LogP contribution in [0.3, 0.4) is 0 Å². The molecule has 0 spiro atoms. The minimum absolute atomic E-state index is 0.210. The van der Waals surface area contributed by atoms with Crippen molar-refractivity contribution in [3.05, 3.63) is 38.9 Å². The molecule has 0 saturated heterocycles. The fraction of sp³-hybridized carbons (Fsp3) is 0.286. The van der Waals surface area contributed by atoms with E-state index in [0.717, 1.165) is 0 Å². The van der Waals surface area contributed by atoms with E-state index in [0.29, 0.717) is 21.2 Å². The van der Waals surface area contributed by atoms with E-state index >= 15 is 0 Å². The van der Waals surface area contributed by atoms with Gasteiger partial charge in [-0.15, -0.1) is 0 Å². The molecule has 6 nitrogen and oxygen atoms in total. The van der Waals surface area contributed by atoms with Crippen molar-refractivity contribution in [2.45, 2.75) is 19.4 Å². The number of amides is 1. The number of hydrogen-bond acceptors (Lipinski definition) is 4. The third-order valence-electron chi connectivity index (χ3n) is 3.14. The van der Waals surface area contributed by atoms with E-state index in [9.17, 15) is 9.59 Å². The van der Waals surface area contributed by atoms with Gasteiger partial charge in [-0.25, -0.2) is 0 Å². The van der Waals surface area contributed by atoms with Crippen LogP contribution in [0, 0.1) is 16.1 Å². The fourth-order valence-electron chi connectivity index (χ4n) is 1.94. The molecule has 1 unspecified atom stereocenters. The van der Waals surface area contributed by atoms with Crippen LogP contribution in [0.25, 0.3) is 10.9 Å². The maximum Gasteiger partial charge on any atom is 0.261 e. The van der Waals surface area contributed by atoms with Crippen LogP contribution in [0.5, 0.6) is 0 Å². The van der Waals surface area contributed by atoms with E-state index in [4.69, 9.17) is 17.5 Å². The predicted octanol–water partition coefficient (Wildman–Crippen LogP) is 1.63. The summed E-state index contributed by atoms with van der Waals surface area (Å²) in [5.41, 5.74) is 0.716. The van der Waals surface area contributed by atoms with E-state index in [1.165, 1.54) is 4.57 Å². The summed E-state index contributed by atoms with van der Waals surface area (Å²) in [4.78, 5) is 27.0. The summed E-state index contributed by atoms with van der Waals surface area (Å²) in [6.45, 7) is 1.76. The van der Waals surface area contributed by atoms with Gasteiger partial charge in [-0.3, -0.25) is 14.2 Å². The van der Waals surface area contributed by atoms with E-state index in [1.807, 2.05) is 6.07 Å². The monoisotopic (exact) mass is 302 g/mol. The Balaban J connectivity index is 2.42. The number of hydrogen-bond donors (Lipinski definition) is 2. The highest BCUT2D eigenvalue weighted by atomic mass is 32.1. The summed E-state index contributed by atoms with van der Waals surface area (Å²) in [6.07, 6.45) is 0.238. The average Bonchev–Trinajstić information content (AvgIpc) is 2.44. The molecule has 1 amide bonds. The van der Waals surface area contributed by atoms with Crippen LogP contribution in [-0.4, -0.2) is 21.5 Å². The molecule has 1 heterocycles. The number of benzene rings is 1. The minimum atomic E-state index is -0.292. The number of fused-ring (bicyclic) bond motifs is 1. The van der Waals surface area contributed by atoms with Gasteiger partial charge in [0.25, 0.3) is 11.5 Å². The number of carbonyl (C=O) groups is 1. The zero-order chi connectivity index (χ0) is 15.6. The Hall–Kier alpha value is -2.46. The van der Waals surface area contributed by atoms with Crippen molar-refractivity contribution in [3.8, 4) is 6.07 Å². The van der Waals surface area contributed by atoms with E-state index in [1.54, 1.807) is 32.2 Å². The van der Waals surface area contributed by atoms with Crippen molar-refractivity contribution in [3.63, 3.8) is 0 Å². The van der Waals surface area contributed by atoms with Gasteiger partial charge in [0.1, 0.15) is 0 Å². The highest BCUT2D eigenvalue weighted by Crippen LogP contribution is 2.11. The van der Waals surface area contributed by atoms with Gasteiger partial charge >= 0.3 is 0 Å². The van der Waals surface area contributed by atoms with Crippen molar-refractivity contribution < 1.29 is 4.79 Å². The number of nitriles is 1. The molecule has 0 aliphatic heterocycles. The molecule has 2 rings (SSSR count). The SMILES string of the molecule is CC(CC#N)NC(=O)c1ccc2c(=O)n(C)c(=S)[nH]c2c1. The van der Waals surface area contributed by atoms with Gasteiger partial charge in [-0.2, -0.15) is 5.26 Å². The van der Waals surface area contributed by atoms with Gasteiger partial charge in [0, 0.05) is 18.7 Å². The van der Waals surface area contributed by atoms with Gasteiger partial charge in [-0.1, -0.05) is 0 Å². The van der Waals surface area contributed by atoms with E-state index in [-0.39, 0.29) is 23.9 Å². The molecule has 2 aromatic rings. The first-order chi connectivity index (χ1) is 9.93. The lowest BCUT2D eigenvalue weighted by Crippen LogP contribution is -2.32. The molecular formula is C14H14N4O2S. The Kier molecular flexibility index (Phi) is 4.19. The highest BCUT2D eigenvalue weighted by Gasteiger charge is 2.11. The second-order valence-corrected chi connectivity index (χ2v) is 5.18. The molecule has 0 radical (unpaired) electrons. The van der Waals surface area contributed by atoms with Crippen LogP contribution in [0.4, 0.5) is 0 Å². The Morgan fingerprint density at radius 3 is 2.95 bits per heavy atom. The first-order valence-electron chi connectivity index (χ1n) is 6.35. The number of H-pyrrole nitrogens is 1. The van der Waals surface area contributed by atoms with Gasteiger partial charge in [-0.05, 0) is 37.3 Å². The normalized spacial score (nSPS) is 11.9. The fourth-order valence-corrected chi connectivity index (χ4v) is 2.14. The van der Waals surface area contributed by atoms with Crippen molar-refractivity contribution in [2.24, 2.45) is 7.05 Å². The smallest absolute Gasteiger partial charge is 0.261 e. The maximum absolute atomic E-state index is 12.1. The zero-order valence-corrected chi connectivity index (χ0v) is 12.5. The Morgan fingerprint density at radius 1 is 1.57 bits per heavy atom. The third kappa shape index (κ3) is 3.01. The molecule has 0 fully saturated rings. The predicted molar refractivity (Wildman–Crippen MR) is 81.5 cm³/mol. The quantitative estimate of drug-likeness (QED) is 0.843. The molecule has 1 atom stereocenters. The van der Waals surface area contributed by atoms with Crippen molar-refractivity contribution >= 4 is 29.0 Å². The highest BCUT2D eigenvalue weighted by molar-refractivity contribution is 7.71. The molecule has 2 N–H and O–H groups in total. The molecular weight excluding hydrogens is 288 g/mol. The van der Waals surface area contributed by atoms with Gasteiger partial charge in [0.2, 0.25) is 0 Å². The lowest BCUT2D eigenvalue weighted by Gasteiger charge is -2.11. The van der Waals surface area contributed by atoms with Crippen LogP contribution in [0.2, 0.25) is 0 Å². The van der Waals surface area contributed by atoms with E-state index in [2.05, 4.69) is 10.3 Å². The Bertz CT molecular complexity index is 860. The molecule has 0 aliphatic rings. The van der Waals surface area contributed by atoms with Gasteiger partial charge in [0.15, 0.2) is 4.77 Å². The first-order valence-corrected chi connectivity index (χ1v) is 6.75. The minimum Gasteiger partial charge on any atom is -0.349 e. The number of rotatable bonds is 3. The van der Waals surface area contributed by atoms with Crippen LogP contribution in [0.1, 0.15) is 23.7 Å². The van der Waals surface area contributed by atoms with Crippen molar-refractivity contribution in [1.29, 1.82) is 5.26 Å². The van der Waals surface area contributed by atoms with Crippen LogP contribution < -0.4 is 10.9 Å². The van der Waals surface area contributed by atoms with Crippen LogP contribution in [0.15, 0.2) is 23.0 Å². The number of aromatic amines is 1. The largest absolute Gasteiger partial charge is 0.349 e. The van der Waals surface area contributed by atoms with Crippen molar-refractivity contribution in [2.75, 3.05) is 0 Å². The average molecular weight is 302 g/mol. The molecule has 1 aromatic carbocycles. The summed E-state index contributed by atoms with van der Waals surface area (Å²) in [5, 5.41) is 11.8. The lowest BCUT2D eigenvalue weighted by molar-refractivity contribution is 0.0941. The maximum atomic E-state index is 12.1. The second kappa shape index (κ2) is 5.89. The topological polar surface area (TPSA) is 90.7 Å². The lowest BCUT2D eigenvalue weighted by atomic mass is 10.1. The Labute approximate surface area is 126 Å². The standard InChI is InChI=1S/C14H14N4O2S/c1-8(5-6-15)16-12(19)9-3-4-10-11(7-9)17-14(21)18(2)13(10)20/h3-4,7-8H,5H2,1-2H3,(H,16,19)(H,17,21).